The van der Waals surface area contributed by atoms with E-state index >= 15 is 0 Å². The van der Waals surface area contributed by atoms with Gasteiger partial charge in [0, 0.05) is 0 Å². The molecule has 92 valence electrons. The number of aliphatic hydroxyl groups is 1. The highest BCUT2D eigenvalue weighted by atomic mass is 16.3. The summed E-state index contributed by atoms with van der Waals surface area (Å²) in [4.78, 5) is 13.4. The molecule has 17 heavy (non-hydrogen) atoms. The maximum absolute atomic E-state index is 11.8. The van der Waals surface area contributed by atoms with Crippen LogP contribution < -0.4 is 0 Å². The summed E-state index contributed by atoms with van der Waals surface area (Å²) < 4.78 is 0. The van der Waals surface area contributed by atoms with Crippen molar-refractivity contribution in [3.63, 3.8) is 0 Å². The first kappa shape index (κ1) is 12.1. The van der Waals surface area contributed by atoms with Crippen LogP contribution in [0.1, 0.15) is 37.8 Å². The lowest BCUT2D eigenvalue weighted by Gasteiger charge is -2.46. The van der Waals surface area contributed by atoms with E-state index in [-0.39, 0.29) is 24.6 Å². The van der Waals surface area contributed by atoms with Gasteiger partial charge in [-0.3, -0.25) is 4.79 Å². The predicted octanol–water partition coefficient (Wildman–Crippen LogP) is 2.33. The topological polar surface area (TPSA) is 40.5 Å². The number of hydrogen-bond donors (Lipinski definition) is 1. The standard InChI is InChI=1S/C14H19NO2/c1-2-3-9-12-13(15(10-16)14(12)17)11-7-5-4-6-8-11/h4-8,12-13,16H,2-3,9-10H2,1H3/t12-,13-/m0/s1. The van der Waals surface area contributed by atoms with Crippen LogP contribution in [0, 0.1) is 5.92 Å². The van der Waals surface area contributed by atoms with Crippen molar-refractivity contribution < 1.29 is 9.90 Å². The Kier molecular flexibility index (Phi) is 3.79. The molecule has 1 saturated heterocycles. The van der Waals surface area contributed by atoms with Gasteiger partial charge in [-0.1, -0.05) is 50.1 Å². The van der Waals surface area contributed by atoms with Crippen LogP contribution in [-0.2, 0) is 4.79 Å². The first-order chi connectivity index (χ1) is 8.29. The van der Waals surface area contributed by atoms with Crippen molar-refractivity contribution in [2.75, 3.05) is 6.73 Å². The molecule has 2 atom stereocenters. The van der Waals surface area contributed by atoms with Crippen molar-refractivity contribution >= 4 is 5.91 Å². The fraction of sp³-hybridized carbons (Fsp3) is 0.500. The molecule has 3 nitrogen and oxygen atoms in total. The van der Waals surface area contributed by atoms with E-state index in [2.05, 4.69) is 6.92 Å². The number of unbranched alkanes of at least 4 members (excludes halogenated alkanes) is 1. The molecule has 0 aromatic heterocycles. The lowest BCUT2D eigenvalue weighted by molar-refractivity contribution is -0.164. The SMILES string of the molecule is CCCC[C@@H]1C(=O)N(CO)[C@H]1c1ccccc1. The number of β-lactam (4-membered cyclic amide) rings is 1. The summed E-state index contributed by atoms with van der Waals surface area (Å²) in [7, 11) is 0. The second-order valence-electron chi connectivity index (χ2n) is 4.55. The van der Waals surface area contributed by atoms with Gasteiger partial charge >= 0.3 is 0 Å². The Morgan fingerprint density at radius 3 is 2.59 bits per heavy atom. The van der Waals surface area contributed by atoms with Crippen LogP contribution in [0.2, 0.25) is 0 Å². The molecule has 1 amide bonds. The molecule has 1 N–H and O–H groups in total. The van der Waals surface area contributed by atoms with Crippen molar-refractivity contribution in [1.29, 1.82) is 0 Å². The maximum Gasteiger partial charge on any atom is 0.230 e. The van der Waals surface area contributed by atoms with Crippen LogP contribution in [0.5, 0.6) is 0 Å². The van der Waals surface area contributed by atoms with E-state index in [1.807, 2.05) is 30.3 Å². The van der Waals surface area contributed by atoms with Crippen LogP contribution in [0.15, 0.2) is 30.3 Å². The van der Waals surface area contributed by atoms with Crippen molar-refractivity contribution in [2.45, 2.75) is 32.2 Å². The number of carbonyl (C=O) groups is 1. The van der Waals surface area contributed by atoms with Crippen LogP contribution in [0.4, 0.5) is 0 Å². The Labute approximate surface area is 102 Å². The average molecular weight is 233 g/mol. The smallest absolute Gasteiger partial charge is 0.230 e. The van der Waals surface area contributed by atoms with E-state index in [0.717, 1.165) is 24.8 Å². The van der Waals surface area contributed by atoms with Crippen molar-refractivity contribution in [3.05, 3.63) is 35.9 Å². The summed E-state index contributed by atoms with van der Waals surface area (Å²) in [6, 6.07) is 10.0. The Balaban J connectivity index is 2.14. The molecule has 0 aliphatic carbocycles. The lowest BCUT2D eigenvalue weighted by atomic mass is 9.80. The van der Waals surface area contributed by atoms with E-state index in [4.69, 9.17) is 0 Å². The number of benzene rings is 1. The third-order valence-corrected chi connectivity index (χ3v) is 3.48. The minimum absolute atomic E-state index is 0.0597. The molecule has 0 radical (unpaired) electrons. The molecule has 1 aliphatic rings. The van der Waals surface area contributed by atoms with Crippen LogP contribution in [0.3, 0.4) is 0 Å². The number of likely N-dealkylation sites (tertiary alicyclic amines) is 1. The third kappa shape index (κ3) is 2.20. The first-order valence-corrected chi connectivity index (χ1v) is 6.26. The summed E-state index contributed by atoms with van der Waals surface area (Å²) in [6.07, 6.45) is 3.09. The molecule has 1 aromatic carbocycles. The number of rotatable bonds is 5. The molecular formula is C14H19NO2. The number of aliphatic hydroxyl groups excluding tert-OH is 1. The number of amides is 1. The minimum atomic E-state index is -0.180. The zero-order chi connectivity index (χ0) is 12.3. The molecule has 1 aromatic rings. The molecule has 0 unspecified atom stereocenters. The van der Waals surface area contributed by atoms with Gasteiger partial charge < -0.3 is 10.0 Å². The molecule has 0 spiro atoms. The Morgan fingerprint density at radius 2 is 2.00 bits per heavy atom. The summed E-state index contributed by atoms with van der Waals surface area (Å²) >= 11 is 0. The van der Waals surface area contributed by atoms with Gasteiger partial charge in [0.05, 0.1) is 12.0 Å². The Bertz CT molecular complexity index is 377. The van der Waals surface area contributed by atoms with Gasteiger partial charge in [0.25, 0.3) is 0 Å². The van der Waals surface area contributed by atoms with Crippen LogP contribution in [-0.4, -0.2) is 22.6 Å². The fourth-order valence-electron chi connectivity index (χ4n) is 2.55. The second kappa shape index (κ2) is 5.32. The van der Waals surface area contributed by atoms with Gasteiger partial charge in [-0.15, -0.1) is 0 Å². The van der Waals surface area contributed by atoms with E-state index in [0.29, 0.717) is 0 Å². The molecule has 3 heteroatoms. The van der Waals surface area contributed by atoms with E-state index in [1.54, 1.807) is 4.90 Å². The monoisotopic (exact) mass is 233 g/mol. The van der Waals surface area contributed by atoms with Gasteiger partial charge in [-0.05, 0) is 12.0 Å². The number of hydrogen-bond acceptors (Lipinski definition) is 2. The lowest BCUT2D eigenvalue weighted by Crippen LogP contribution is -2.55. The molecule has 0 saturated carbocycles. The second-order valence-corrected chi connectivity index (χ2v) is 4.55. The quantitative estimate of drug-likeness (QED) is 0.793. The number of nitrogens with zero attached hydrogens (tertiary/aromatic N) is 1. The normalized spacial score (nSPS) is 23.6. The Morgan fingerprint density at radius 1 is 1.29 bits per heavy atom. The fourth-order valence-corrected chi connectivity index (χ4v) is 2.55. The van der Waals surface area contributed by atoms with Gasteiger partial charge in [-0.2, -0.15) is 0 Å². The highest BCUT2D eigenvalue weighted by molar-refractivity contribution is 5.86. The molecule has 2 rings (SSSR count). The molecule has 1 aliphatic heterocycles. The highest BCUT2D eigenvalue weighted by Gasteiger charge is 2.46. The molecular weight excluding hydrogens is 214 g/mol. The van der Waals surface area contributed by atoms with Crippen molar-refractivity contribution in [3.8, 4) is 0 Å². The van der Waals surface area contributed by atoms with E-state index in [1.165, 1.54) is 0 Å². The van der Waals surface area contributed by atoms with Gasteiger partial charge in [0.1, 0.15) is 6.73 Å². The van der Waals surface area contributed by atoms with Crippen LogP contribution >= 0.6 is 0 Å². The molecule has 0 bridgehead atoms. The predicted molar refractivity (Wildman–Crippen MR) is 66.1 cm³/mol. The summed E-state index contributed by atoms with van der Waals surface area (Å²) in [5, 5.41) is 9.24. The zero-order valence-electron chi connectivity index (χ0n) is 10.2. The zero-order valence-corrected chi connectivity index (χ0v) is 10.2. The van der Waals surface area contributed by atoms with Crippen molar-refractivity contribution in [2.24, 2.45) is 5.92 Å². The summed E-state index contributed by atoms with van der Waals surface area (Å²) in [5.41, 5.74) is 1.13. The largest absolute Gasteiger partial charge is 0.376 e. The van der Waals surface area contributed by atoms with Crippen LogP contribution in [0.25, 0.3) is 0 Å². The molecule has 1 fully saturated rings. The third-order valence-electron chi connectivity index (χ3n) is 3.48. The highest BCUT2D eigenvalue weighted by Crippen LogP contribution is 2.42. The Hall–Kier alpha value is -1.35. The summed E-state index contributed by atoms with van der Waals surface area (Å²) in [6.45, 7) is 1.95. The van der Waals surface area contributed by atoms with Gasteiger partial charge in [-0.25, -0.2) is 0 Å². The van der Waals surface area contributed by atoms with E-state index in [9.17, 15) is 9.90 Å². The van der Waals surface area contributed by atoms with Gasteiger partial charge in [0.2, 0.25) is 5.91 Å². The van der Waals surface area contributed by atoms with Gasteiger partial charge in [0.15, 0.2) is 0 Å². The molecule has 1 heterocycles. The first-order valence-electron chi connectivity index (χ1n) is 6.26. The number of carbonyl (C=O) groups excluding carboxylic acids is 1. The minimum Gasteiger partial charge on any atom is -0.376 e. The van der Waals surface area contributed by atoms with Crippen molar-refractivity contribution in [1.82, 2.24) is 4.90 Å². The maximum atomic E-state index is 11.8. The summed E-state index contributed by atoms with van der Waals surface area (Å²) in [5.74, 6) is 0.152. The van der Waals surface area contributed by atoms with E-state index < -0.39 is 0 Å². The average Bonchev–Trinajstić information content (AvgIpc) is 2.37.